The van der Waals surface area contributed by atoms with Crippen molar-refractivity contribution in [1.29, 1.82) is 0 Å². The Morgan fingerprint density at radius 2 is 1.35 bits per heavy atom. The van der Waals surface area contributed by atoms with E-state index in [2.05, 4.69) is 0 Å². The first-order chi connectivity index (χ1) is 11.9. The number of halogens is 6. The molecule has 0 aliphatic rings. The van der Waals surface area contributed by atoms with Crippen molar-refractivity contribution in [2.45, 2.75) is 24.2 Å². The third kappa shape index (κ3) is 4.94. The second-order valence-corrected chi connectivity index (χ2v) is 6.53. The first-order valence-corrected chi connectivity index (χ1v) is 8.01. The van der Waals surface area contributed by atoms with E-state index < -0.39 is 34.4 Å². The van der Waals surface area contributed by atoms with Crippen LogP contribution < -0.4 is 4.90 Å². The van der Waals surface area contributed by atoms with Gasteiger partial charge in [-0.2, -0.15) is 26.3 Å². The maximum Gasteiger partial charge on any atom is 0.416 e. The Kier molecular flexibility index (Phi) is 5.60. The van der Waals surface area contributed by atoms with Crippen LogP contribution in [0.25, 0.3) is 0 Å². The average molecular weight is 393 g/mol. The fraction of sp³-hybridized carbons (Fsp3) is 0.235. The quantitative estimate of drug-likeness (QED) is 0.436. The monoisotopic (exact) mass is 393 g/mol. The third-order valence-electron chi connectivity index (χ3n) is 3.46. The number of anilines is 1. The molecule has 0 aliphatic carbocycles. The molecule has 2 rings (SSSR count). The van der Waals surface area contributed by atoms with Crippen LogP contribution in [0.15, 0.2) is 47.4 Å². The zero-order valence-electron chi connectivity index (χ0n) is 13.6. The Morgan fingerprint density at radius 1 is 0.885 bits per heavy atom. The number of aryl methyl sites for hydroxylation is 1. The topological polar surface area (TPSA) is 20.3 Å². The highest BCUT2D eigenvalue weighted by atomic mass is 32.2. The molecule has 0 atom stereocenters. The van der Waals surface area contributed by atoms with Crippen LogP contribution in [0.4, 0.5) is 36.8 Å². The lowest BCUT2D eigenvalue weighted by Crippen LogP contribution is -2.23. The lowest BCUT2D eigenvalue weighted by molar-refractivity contribution is -0.143. The summed E-state index contributed by atoms with van der Waals surface area (Å²) >= 11 is 0.706. The molecule has 9 heteroatoms. The van der Waals surface area contributed by atoms with E-state index >= 15 is 0 Å². The molecule has 0 saturated heterocycles. The van der Waals surface area contributed by atoms with Gasteiger partial charge >= 0.3 is 12.4 Å². The van der Waals surface area contributed by atoms with Crippen LogP contribution in [0.3, 0.4) is 0 Å². The summed E-state index contributed by atoms with van der Waals surface area (Å²) in [6.45, 7) is 1.84. The van der Waals surface area contributed by atoms with Gasteiger partial charge in [0.25, 0.3) is 5.24 Å². The maximum absolute atomic E-state index is 12.9. The van der Waals surface area contributed by atoms with Crippen LogP contribution in [0, 0.1) is 6.92 Å². The van der Waals surface area contributed by atoms with E-state index in [0.29, 0.717) is 28.8 Å². The van der Waals surface area contributed by atoms with Crippen molar-refractivity contribution < 1.29 is 31.1 Å². The standard InChI is InChI=1S/C17H13F6NOS/c1-10-3-5-14(6-4-10)26-15(25)24(2)13-8-11(16(18,19)20)7-12(9-13)17(21,22)23/h3-9H,1-2H3. The molecule has 2 nitrogen and oxygen atoms in total. The van der Waals surface area contributed by atoms with Crippen LogP contribution in [0.5, 0.6) is 0 Å². The van der Waals surface area contributed by atoms with Crippen LogP contribution in [0.2, 0.25) is 0 Å². The van der Waals surface area contributed by atoms with E-state index in [0.717, 1.165) is 17.5 Å². The van der Waals surface area contributed by atoms with Gasteiger partial charge in [-0.3, -0.25) is 4.79 Å². The molecule has 26 heavy (non-hydrogen) atoms. The Morgan fingerprint density at radius 3 is 1.77 bits per heavy atom. The highest BCUT2D eigenvalue weighted by Crippen LogP contribution is 2.38. The van der Waals surface area contributed by atoms with Gasteiger partial charge in [-0.1, -0.05) is 17.7 Å². The summed E-state index contributed by atoms with van der Waals surface area (Å²) < 4.78 is 77.5. The summed E-state index contributed by atoms with van der Waals surface area (Å²) in [7, 11) is 1.12. The molecule has 140 valence electrons. The predicted molar refractivity (Wildman–Crippen MR) is 87.3 cm³/mol. The van der Waals surface area contributed by atoms with Crippen molar-refractivity contribution in [3.05, 3.63) is 59.2 Å². The van der Waals surface area contributed by atoms with Gasteiger partial charge in [0.15, 0.2) is 0 Å². The van der Waals surface area contributed by atoms with Crippen LogP contribution in [-0.4, -0.2) is 12.3 Å². The van der Waals surface area contributed by atoms with Gasteiger partial charge in [0.05, 0.1) is 11.1 Å². The second-order valence-electron chi connectivity index (χ2n) is 5.50. The summed E-state index contributed by atoms with van der Waals surface area (Å²) in [5, 5.41) is -0.707. The first kappa shape index (κ1) is 20.2. The van der Waals surface area contributed by atoms with E-state index in [9.17, 15) is 31.1 Å². The molecule has 0 bridgehead atoms. The van der Waals surface area contributed by atoms with Crippen molar-refractivity contribution in [2.75, 3.05) is 11.9 Å². The lowest BCUT2D eigenvalue weighted by atomic mass is 10.1. The van der Waals surface area contributed by atoms with Gasteiger partial charge in [-0.05, 0) is 49.0 Å². The summed E-state index contributed by atoms with van der Waals surface area (Å²) in [4.78, 5) is 13.5. The van der Waals surface area contributed by atoms with Crippen LogP contribution >= 0.6 is 11.8 Å². The molecule has 0 aliphatic heterocycles. The summed E-state index contributed by atoms with van der Waals surface area (Å²) in [5.74, 6) is 0. The number of rotatable bonds is 2. The molecular weight excluding hydrogens is 380 g/mol. The number of alkyl halides is 6. The Balaban J connectivity index is 2.36. The molecule has 2 aromatic rings. The fourth-order valence-corrected chi connectivity index (χ4v) is 2.73. The zero-order chi connectivity index (χ0) is 19.7. The number of benzene rings is 2. The van der Waals surface area contributed by atoms with Gasteiger partial charge in [-0.25, -0.2) is 0 Å². The first-order valence-electron chi connectivity index (χ1n) is 7.19. The van der Waals surface area contributed by atoms with E-state index in [1.807, 2.05) is 6.92 Å². The van der Waals surface area contributed by atoms with Crippen molar-refractivity contribution in [3.8, 4) is 0 Å². The maximum atomic E-state index is 12.9. The molecule has 0 spiro atoms. The predicted octanol–water partition coefficient (Wildman–Crippen LogP) is 6.38. The molecule has 0 N–H and O–H groups in total. The summed E-state index contributed by atoms with van der Waals surface area (Å²) in [5.41, 5.74) is -2.48. The minimum absolute atomic E-state index is 0.0227. The minimum Gasteiger partial charge on any atom is -0.306 e. The van der Waals surface area contributed by atoms with Crippen molar-refractivity contribution in [3.63, 3.8) is 0 Å². The van der Waals surface area contributed by atoms with Crippen LogP contribution in [-0.2, 0) is 12.4 Å². The Bertz CT molecular complexity index is 766. The SMILES string of the molecule is Cc1ccc(SC(=O)N(C)c2cc(C(F)(F)F)cc(C(F)(F)F)c2)cc1. The number of hydrogen-bond acceptors (Lipinski definition) is 2. The van der Waals surface area contributed by atoms with Gasteiger partial charge < -0.3 is 4.90 Å². The zero-order valence-corrected chi connectivity index (χ0v) is 14.4. The number of carbonyl (C=O) groups excluding carboxylic acids is 1. The smallest absolute Gasteiger partial charge is 0.306 e. The number of hydrogen-bond donors (Lipinski definition) is 0. The minimum atomic E-state index is -4.97. The number of nitrogens with zero attached hydrogens (tertiary/aromatic N) is 1. The van der Waals surface area contributed by atoms with E-state index in [1.165, 1.54) is 0 Å². The molecule has 2 aromatic carbocycles. The van der Waals surface area contributed by atoms with Gasteiger partial charge in [0.2, 0.25) is 0 Å². The Hall–Kier alpha value is -2.16. The lowest BCUT2D eigenvalue weighted by Gasteiger charge is -2.20. The number of amides is 1. The van der Waals surface area contributed by atoms with E-state index in [-0.39, 0.29) is 6.07 Å². The van der Waals surface area contributed by atoms with Crippen molar-refractivity contribution in [2.24, 2.45) is 0 Å². The third-order valence-corrected chi connectivity index (χ3v) is 4.42. The molecule has 0 fully saturated rings. The molecule has 1 amide bonds. The molecule has 0 unspecified atom stereocenters. The second kappa shape index (κ2) is 7.22. The van der Waals surface area contributed by atoms with Crippen molar-refractivity contribution in [1.82, 2.24) is 0 Å². The molecular formula is C17H13F6NOS. The van der Waals surface area contributed by atoms with Crippen LogP contribution in [0.1, 0.15) is 16.7 Å². The highest BCUT2D eigenvalue weighted by Gasteiger charge is 2.37. The van der Waals surface area contributed by atoms with Crippen molar-refractivity contribution >= 4 is 22.7 Å². The normalized spacial score (nSPS) is 12.2. The molecule has 0 heterocycles. The highest BCUT2D eigenvalue weighted by molar-refractivity contribution is 8.13. The number of carbonyl (C=O) groups is 1. The van der Waals surface area contributed by atoms with Gasteiger partial charge in [-0.15, -0.1) is 0 Å². The average Bonchev–Trinajstić information content (AvgIpc) is 2.54. The molecule has 0 saturated carbocycles. The Labute approximate surface area is 149 Å². The largest absolute Gasteiger partial charge is 0.416 e. The number of thioether (sulfide) groups is 1. The van der Waals surface area contributed by atoms with Gasteiger partial charge in [0, 0.05) is 17.6 Å². The van der Waals surface area contributed by atoms with E-state index in [4.69, 9.17) is 0 Å². The fourth-order valence-electron chi connectivity index (χ4n) is 2.01. The van der Waals surface area contributed by atoms with E-state index in [1.54, 1.807) is 24.3 Å². The summed E-state index contributed by atoms with van der Waals surface area (Å²) in [6.07, 6.45) is -9.94. The summed E-state index contributed by atoms with van der Waals surface area (Å²) in [6, 6.07) is 7.81. The molecule has 0 aromatic heterocycles. The molecule has 0 radical (unpaired) electrons. The van der Waals surface area contributed by atoms with Gasteiger partial charge in [0.1, 0.15) is 0 Å².